The van der Waals surface area contributed by atoms with E-state index in [0.29, 0.717) is 23.0 Å². The molecule has 0 spiro atoms. The standard InChI is InChI=1S/C18H21ClN2O2/c1-4-21(15-7-5-6-13(2)10-15)18(22)12-20-16-11-14(19)8-9-17(16)23-3/h5-11,20H,4,12H2,1-3H3. The van der Waals surface area contributed by atoms with E-state index in [1.807, 2.05) is 38.1 Å². The number of methoxy groups -OCH3 is 1. The number of carbonyl (C=O) groups excluding carboxylic acids is 1. The average molecular weight is 333 g/mol. The molecule has 0 saturated carbocycles. The monoisotopic (exact) mass is 332 g/mol. The van der Waals surface area contributed by atoms with Crippen LogP contribution in [0.3, 0.4) is 0 Å². The summed E-state index contributed by atoms with van der Waals surface area (Å²) in [6, 6.07) is 13.2. The van der Waals surface area contributed by atoms with Crippen LogP contribution in [-0.2, 0) is 4.79 Å². The normalized spacial score (nSPS) is 10.3. The summed E-state index contributed by atoms with van der Waals surface area (Å²) in [5.41, 5.74) is 2.73. The van der Waals surface area contributed by atoms with E-state index in [4.69, 9.17) is 16.3 Å². The predicted octanol–water partition coefficient (Wildman–Crippen LogP) is 4.12. The van der Waals surface area contributed by atoms with Crippen molar-refractivity contribution < 1.29 is 9.53 Å². The number of benzene rings is 2. The molecule has 0 unspecified atom stereocenters. The number of likely N-dealkylation sites (N-methyl/N-ethyl adjacent to an activating group) is 1. The number of hydrogen-bond donors (Lipinski definition) is 1. The molecule has 122 valence electrons. The summed E-state index contributed by atoms with van der Waals surface area (Å²) in [6.45, 7) is 4.74. The summed E-state index contributed by atoms with van der Waals surface area (Å²) < 4.78 is 5.27. The third-order valence-corrected chi connectivity index (χ3v) is 3.76. The van der Waals surface area contributed by atoms with Crippen LogP contribution < -0.4 is 15.0 Å². The molecular formula is C18H21ClN2O2. The first kappa shape index (κ1) is 17.2. The first-order valence-corrected chi connectivity index (χ1v) is 7.87. The Kier molecular flexibility index (Phi) is 5.88. The molecule has 2 rings (SSSR count). The lowest BCUT2D eigenvalue weighted by atomic mass is 10.2. The van der Waals surface area contributed by atoms with Crippen LogP contribution in [0.2, 0.25) is 5.02 Å². The molecule has 2 aromatic carbocycles. The van der Waals surface area contributed by atoms with Crippen LogP contribution in [0.1, 0.15) is 12.5 Å². The van der Waals surface area contributed by atoms with Gasteiger partial charge in [-0.25, -0.2) is 0 Å². The molecule has 0 aliphatic heterocycles. The highest BCUT2D eigenvalue weighted by Crippen LogP contribution is 2.27. The smallest absolute Gasteiger partial charge is 0.246 e. The van der Waals surface area contributed by atoms with E-state index in [-0.39, 0.29) is 12.5 Å². The Morgan fingerprint density at radius 2 is 2.04 bits per heavy atom. The first-order chi connectivity index (χ1) is 11.0. The molecule has 0 saturated heterocycles. The zero-order valence-corrected chi connectivity index (χ0v) is 14.4. The van der Waals surface area contributed by atoms with Crippen LogP contribution in [-0.4, -0.2) is 26.1 Å². The van der Waals surface area contributed by atoms with Crippen molar-refractivity contribution in [2.75, 3.05) is 30.4 Å². The van der Waals surface area contributed by atoms with Crippen LogP contribution in [0.15, 0.2) is 42.5 Å². The Hall–Kier alpha value is -2.20. The number of amides is 1. The van der Waals surface area contributed by atoms with Crippen molar-refractivity contribution >= 4 is 28.9 Å². The van der Waals surface area contributed by atoms with Gasteiger partial charge in [-0.15, -0.1) is 0 Å². The maximum absolute atomic E-state index is 12.5. The van der Waals surface area contributed by atoms with E-state index in [2.05, 4.69) is 5.32 Å². The van der Waals surface area contributed by atoms with Gasteiger partial charge in [0.2, 0.25) is 5.91 Å². The lowest BCUT2D eigenvalue weighted by molar-refractivity contribution is -0.116. The second-order valence-electron chi connectivity index (χ2n) is 5.18. The van der Waals surface area contributed by atoms with Crippen molar-refractivity contribution in [3.05, 3.63) is 53.1 Å². The molecule has 0 heterocycles. The van der Waals surface area contributed by atoms with Crippen molar-refractivity contribution in [3.63, 3.8) is 0 Å². The SMILES string of the molecule is CCN(C(=O)CNc1cc(Cl)ccc1OC)c1cccc(C)c1. The molecule has 0 bridgehead atoms. The topological polar surface area (TPSA) is 41.6 Å². The van der Waals surface area contributed by atoms with Crippen LogP contribution in [0.4, 0.5) is 11.4 Å². The van der Waals surface area contributed by atoms with Crippen molar-refractivity contribution in [2.45, 2.75) is 13.8 Å². The van der Waals surface area contributed by atoms with E-state index in [1.165, 1.54) is 0 Å². The first-order valence-electron chi connectivity index (χ1n) is 7.49. The molecule has 1 N–H and O–H groups in total. The van der Waals surface area contributed by atoms with E-state index in [9.17, 15) is 4.79 Å². The Morgan fingerprint density at radius 1 is 1.26 bits per heavy atom. The third-order valence-electron chi connectivity index (χ3n) is 3.52. The minimum atomic E-state index is -0.0138. The maximum atomic E-state index is 12.5. The molecule has 0 aliphatic carbocycles. The third kappa shape index (κ3) is 4.39. The van der Waals surface area contributed by atoms with E-state index in [1.54, 1.807) is 30.2 Å². The molecule has 4 nitrogen and oxygen atoms in total. The largest absolute Gasteiger partial charge is 0.495 e. The highest BCUT2D eigenvalue weighted by molar-refractivity contribution is 6.30. The average Bonchev–Trinajstić information content (AvgIpc) is 2.54. The Morgan fingerprint density at radius 3 is 2.70 bits per heavy atom. The summed E-state index contributed by atoms with van der Waals surface area (Å²) >= 11 is 6.00. The van der Waals surface area contributed by atoms with Gasteiger partial charge < -0.3 is 15.0 Å². The number of aryl methyl sites for hydroxylation is 1. The fourth-order valence-electron chi connectivity index (χ4n) is 2.38. The highest BCUT2D eigenvalue weighted by atomic mass is 35.5. The minimum Gasteiger partial charge on any atom is -0.495 e. The van der Waals surface area contributed by atoms with E-state index in [0.717, 1.165) is 11.3 Å². The second kappa shape index (κ2) is 7.88. The van der Waals surface area contributed by atoms with Gasteiger partial charge in [0.25, 0.3) is 0 Å². The Bertz CT molecular complexity index is 688. The maximum Gasteiger partial charge on any atom is 0.246 e. The lowest BCUT2D eigenvalue weighted by Gasteiger charge is -2.22. The molecule has 1 amide bonds. The summed E-state index contributed by atoms with van der Waals surface area (Å²) in [4.78, 5) is 14.3. The van der Waals surface area contributed by atoms with Crippen LogP contribution in [0, 0.1) is 6.92 Å². The number of halogens is 1. The van der Waals surface area contributed by atoms with Crippen LogP contribution >= 0.6 is 11.6 Å². The molecule has 0 aromatic heterocycles. The minimum absolute atomic E-state index is 0.0138. The van der Waals surface area contributed by atoms with Crippen molar-refractivity contribution in [3.8, 4) is 5.75 Å². The molecule has 5 heteroatoms. The van der Waals surface area contributed by atoms with Gasteiger partial charge in [-0.2, -0.15) is 0 Å². The zero-order chi connectivity index (χ0) is 16.8. The zero-order valence-electron chi connectivity index (χ0n) is 13.6. The van der Waals surface area contributed by atoms with E-state index < -0.39 is 0 Å². The summed E-state index contributed by atoms with van der Waals surface area (Å²) in [7, 11) is 1.58. The summed E-state index contributed by atoms with van der Waals surface area (Å²) in [5, 5.41) is 3.69. The van der Waals surface area contributed by atoms with Gasteiger partial charge in [0.05, 0.1) is 19.3 Å². The van der Waals surface area contributed by atoms with Crippen LogP contribution in [0.5, 0.6) is 5.75 Å². The van der Waals surface area contributed by atoms with Crippen molar-refractivity contribution in [2.24, 2.45) is 0 Å². The van der Waals surface area contributed by atoms with Gasteiger partial charge in [-0.05, 0) is 49.7 Å². The second-order valence-corrected chi connectivity index (χ2v) is 5.61. The molecule has 0 atom stereocenters. The lowest BCUT2D eigenvalue weighted by Crippen LogP contribution is -2.35. The number of carbonyl (C=O) groups is 1. The number of hydrogen-bond acceptors (Lipinski definition) is 3. The number of nitrogens with zero attached hydrogens (tertiary/aromatic N) is 1. The number of ether oxygens (including phenoxy) is 1. The van der Waals surface area contributed by atoms with E-state index >= 15 is 0 Å². The van der Waals surface area contributed by atoms with Gasteiger partial charge in [0.1, 0.15) is 5.75 Å². The highest BCUT2D eigenvalue weighted by Gasteiger charge is 2.14. The van der Waals surface area contributed by atoms with Gasteiger partial charge in [0, 0.05) is 17.3 Å². The van der Waals surface area contributed by atoms with Crippen molar-refractivity contribution in [1.29, 1.82) is 0 Å². The quantitative estimate of drug-likeness (QED) is 0.865. The molecule has 0 radical (unpaired) electrons. The Balaban J connectivity index is 2.10. The summed E-state index contributed by atoms with van der Waals surface area (Å²) in [6.07, 6.45) is 0. The molecule has 2 aromatic rings. The predicted molar refractivity (Wildman–Crippen MR) is 95.7 cm³/mol. The molecular weight excluding hydrogens is 312 g/mol. The van der Waals surface area contributed by atoms with Gasteiger partial charge in [-0.1, -0.05) is 23.7 Å². The number of anilines is 2. The van der Waals surface area contributed by atoms with Gasteiger partial charge >= 0.3 is 0 Å². The fourth-order valence-corrected chi connectivity index (χ4v) is 2.56. The molecule has 0 fully saturated rings. The van der Waals surface area contributed by atoms with Crippen LogP contribution in [0.25, 0.3) is 0 Å². The molecule has 0 aliphatic rings. The fraction of sp³-hybridized carbons (Fsp3) is 0.278. The number of nitrogens with one attached hydrogen (secondary N) is 1. The Labute approximate surface area is 142 Å². The molecule has 23 heavy (non-hydrogen) atoms. The van der Waals surface area contributed by atoms with Gasteiger partial charge in [-0.3, -0.25) is 4.79 Å². The van der Waals surface area contributed by atoms with Gasteiger partial charge in [0.15, 0.2) is 0 Å². The summed E-state index contributed by atoms with van der Waals surface area (Å²) in [5.74, 6) is 0.640. The number of rotatable bonds is 6. The van der Waals surface area contributed by atoms with Crippen molar-refractivity contribution in [1.82, 2.24) is 0 Å².